The molecule has 0 spiro atoms. The van der Waals surface area contributed by atoms with Crippen LogP contribution in [-0.4, -0.2) is 36.5 Å². The van der Waals surface area contributed by atoms with Crippen molar-refractivity contribution in [2.75, 3.05) is 19.7 Å². The lowest BCUT2D eigenvalue weighted by Gasteiger charge is -2.21. The van der Waals surface area contributed by atoms with E-state index in [0.717, 1.165) is 23.2 Å². The molecule has 1 heterocycles. The van der Waals surface area contributed by atoms with Crippen LogP contribution in [0.1, 0.15) is 19.8 Å². The van der Waals surface area contributed by atoms with Gasteiger partial charge in [0, 0.05) is 17.1 Å². The van der Waals surface area contributed by atoms with Gasteiger partial charge >= 0.3 is 0 Å². The van der Waals surface area contributed by atoms with Crippen LogP contribution in [0.5, 0.6) is 5.75 Å². The molecule has 2 rings (SSSR count). The number of carbonyl (C=O) groups is 1. The van der Waals surface area contributed by atoms with Crippen LogP contribution in [0.2, 0.25) is 0 Å². The summed E-state index contributed by atoms with van der Waals surface area (Å²) in [5.41, 5.74) is 5.68. The number of ether oxygens (including phenoxy) is 1. The number of nitrogens with zero attached hydrogens (tertiary/aromatic N) is 1. The summed E-state index contributed by atoms with van der Waals surface area (Å²) in [7, 11) is 0. The highest BCUT2D eigenvalue weighted by Crippen LogP contribution is 2.23. The van der Waals surface area contributed by atoms with Crippen molar-refractivity contribution < 1.29 is 9.53 Å². The van der Waals surface area contributed by atoms with Crippen LogP contribution in [-0.2, 0) is 4.79 Å². The van der Waals surface area contributed by atoms with Crippen LogP contribution in [0.25, 0.3) is 0 Å². The SMILES string of the molecule is CC1CC(CN)CN1C(=O)CCOc1cccc(Br)c1.Cl. The number of halogens is 2. The molecule has 4 nitrogen and oxygen atoms in total. The van der Waals surface area contributed by atoms with Crippen molar-refractivity contribution in [2.24, 2.45) is 11.7 Å². The number of amides is 1. The number of hydrogen-bond acceptors (Lipinski definition) is 3. The Labute approximate surface area is 140 Å². The molecule has 1 aromatic rings. The van der Waals surface area contributed by atoms with E-state index in [2.05, 4.69) is 22.9 Å². The van der Waals surface area contributed by atoms with Crippen molar-refractivity contribution in [3.05, 3.63) is 28.7 Å². The summed E-state index contributed by atoms with van der Waals surface area (Å²) in [5, 5.41) is 0. The number of hydrogen-bond donors (Lipinski definition) is 1. The van der Waals surface area contributed by atoms with E-state index in [-0.39, 0.29) is 18.3 Å². The van der Waals surface area contributed by atoms with E-state index < -0.39 is 0 Å². The van der Waals surface area contributed by atoms with E-state index in [9.17, 15) is 4.79 Å². The third-order valence-corrected chi connectivity index (χ3v) is 4.19. The van der Waals surface area contributed by atoms with E-state index in [1.807, 2.05) is 29.2 Å². The summed E-state index contributed by atoms with van der Waals surface area (Å²) < 4.78 is 6.58. The van der Waals surface area contributed by atoms with Crippen molar-refractivity contribution in [1.82, 2.24) is 4.90 Å². The maximum Gasteiger partial charge on any atom is 0.226 e. The van der Waals surface area contributed by atoms with Gasteiger partial charge in [0.05, 0.1) is 13.0 Å². The van der Waals surface area contributed by atoms with Gasteiger partial charge in [0.1, 0.15) is 5.75 Å². The zero-order chi connectivity index (χ0) is 14.5. The van der Waals surface area contributed by atoms with E-state index in [1.165, 1.54) is 0 Å². The first-order chi connectivity index (χ1) is 9.60. The molecule has 2 atom stereocenters. The molecule has 118 valence electrons. The smallest absolute Gasteiger partial charge is 0.226 e. The number of benzene rings is 1. The number of nitrogens with two attached hydrogens (primary N) is 1. The lowest BCUT2D eigenvalue weighted by atomic mass is 10.1. The van der Waals surface area contributed by atoms with Crippen LogP contribution < -0.4 is 10.5 Å². The van der Waals surface area contributed by atoms with Crippen molar-refractivity contribution in [3.63, 3.8) is 0 Å². The Hall–Kier alpha value is -0.780. The Morgan fingerprint density at radius 1 is 1.52 bits per heavy atom. The summed E-state index contributed by atoms with van der Waals surface area (Å²) >= 11 is 3.39. The Kier molecular flexibility index (Phi) is 7.49. The van der Waals surface area contributed by atoms with Crippen LogP contribution in [0.15, 0.2) is 28.7 Å². The average Bonchev–Trinajstić information content (AvgIpc) is 2.80. The van der Waals surface area contributed by atoms with Gasteiger partial charge in [-0.3, -0.25) is 4.79 Å². The minimum atomic E-state index is 0. The van der Waals surface area contributed by atoms with Gasteiger partial charge in [-0.05, 0) is 44.0 Å². The van der Waals surface area contributed by atoms with Gasteiger partial charge in [0.2, 0.25) is 5.91 Å². The molecule has 0 aliphatic carbocycles. The quantitative estimate of drug-likeness (QED) is 0.858. The Bertz CT molecular complexity index is 473. The monoisotopic (exact) mass is 376 g/mol. The lowest BCUT2D eigenvalue weighted by Crippen LogP contribution is -2.35. The summed E-state index contributed by atoms with van der Waals surface area (Å²) in [5.74, 6) is 1.38. The molecule has 2 N–H and O–H groups in total. The Morgan fingerprint density at radius 3 is 2.90 bits per heavy atom. The molecule has 1 aliphatic heterocycles. The Balaban J connectivity index is 0.00000220. The van der Waals surface area contributed by atoms with Gasteiger partial charge in [-0.25, -0.2) is 0 Å². The van der Waals surface area contributed by atoms with Gasteiger partial charge < -0.3 is 15.4 Å². The summed E-state index contributed by atoms with van der Waals surface area (Å²) in [6, 6.07) is 7.93. The molecule has 0 radical (unpaired) electrons. The number of likely N-dealkylation sites (tertiary alicyclic amines) is 1. The molecule has 1 fully saturated rings. The molecular weight excluding hydrogens is 356 g/mol. The summed E-state index contributed by atoms with van der Waals surface area (Å²) in [4.78, 5) is 14.1. The molecule has 1 aromatic carbocycles. The highest BCUT2D eigenvalue weighted by atomic mass is 79.9. The lowest BCUT2D eigenvalue weighted by molar-refractivity contribution is -0.132. The molecule has 0 bridgehead atoms. The van der Waals surface area contributed by atoms with Gasteiger partial charge in [-0.1, -0.05) is 22.0 Å². The standard InChI is InChI=1S/C15H21BrN2O2.ClH/c1-11-7-12(9-17)10-18(11)15(19)5-6-20-14-4-2-3-13(16)8-14;/h2-4,8,11-12H,5-7,9-10,17H2,1H3;1H. The van der Waals surface area contributed by atoms with Crippen LogP contribution >= 0.6 is 28.3 Å². The van der Waals surface area contributed by atoms with Crippen LogP contribution in [0.3, 0.4) is 0 Å². The van der Waals surface area contributed by atoms with E-state index in [1.54, 1.807) is 0 Å². The molecule has 1 amide bonds. The molecule has 0 aromatic heterocycles. The van der Waals surface area contributed by atoms with Crippen molar-refractivity contribution in [1.29, 1.82) is 0 Å². The van der Waals surface area contributed by atoms with Crippen LogP contribution in [0.4, 0.5) is 0 Å². The molecule has 0 saturated carbocycles. The van der Waals surface area contributed by atoms with Gasteiger partial charge in [0.15, 0.2) is 0 Å². The predicted octanol–water partition coefficient (Wildman–Crippen LogP) is 2.84. The van der Waals surface area contributed by atoms with E-state index in [0.29, 0.717) is 31.5 Å². The zero-order valence-electron chi connectivity index (χ0n) is 12.1. The first-order valence-electron chi connectivity index (χ1n) is 6.98. The predicted molar refractivity (Wildman–Crippen MR) is 89.8 cm³/mol. The largest absolute Gasteiger partial charge is 0.493 e. The summed E-state index contributed by atoms with van der Waals surface area (Å²) in [6.45, 7) is 3.94. The molecule has 2 unspecified atom stereocenters. The fourth-order valence-corrected chi connectivity index (χ4v) is 3.00. The first kappa shape index (κ1) is 18.3. The highest BCUT2D eigenvalue weighted by Gasteiger charge is 2.31. The topological polar surface area (TPSA) is 55.6 Å². The van der Waals surface area contributed by atoms with Crippen molar-refractivity contribution >= 4 is 34.2 Å². The van der Waals surface area contributed by atoms with E-state index in [4.69, 9.17) is 10.5 Å². The maximum atomic E-state index is 12.2. The van der Waals surface area contributed by atoms with Gasteiger partial charge in [0.25, 0.3) is 0 Å². The Morgan fingerprint density at radius 2 is 2.29 bits per heavy atom. The minimum Gasteiger partial charge on any atom is -0.493 e. The molecule has 1 saturated heterocycles. The second kappa shape index (κ2) is 8.61. The molecular formula is C15H22BrClN2O2. The van der Waals surface area contributed by atoms with Crippen LogP contribution in [0, 0.1) is 5.92 Å². The molecule has 21 heavy (non-hydrogen) atoms. The average molecular weight is 378 g/mol. The second-order valence-electron chi connectivity index (χ2n) is 5.29. The third-order valence-electron chi connectivity index (χ3n) is 3.70. The fourth-order valence-electron chi connectivity index (χ4n) is 2.62. The molecule has 6 heteroatoms. The molecule has 1 aliphatic rings. The van der Waals surface area contributed by atoms with Gasteiger partial charge in [-0.2, -0.15) is 0 Å². The van der Waals surface area contributed by atoms with Crippen molar-refractivity contribution in [3.8, 4) is 5.75 Å². The zero-order valence-corrected chi connectivity index (χ0v) is 14.5. The second-order valence-corrected chi connectivity index (χ2v) is 6.20. The fraction of sp³-hybridized carbons (Fsp3) is 0.533. The number of carbonyl (C=O) groups excluding carboxylic acids is 1. The highest BCUT2D eigenvalue weighted by molar-refractivity contribution is 9.10. The minimum absolute atomic E-state index is 0. The number of rotatable bonds is 5. The van der Waals surface area contributed by atoms with Gasteiger partial charge in [-0.15, -0.1) is 12.4 Å². The van der Waals surface area contributed by atoms with E-state index >= 15 is 0 Å². The van der Waals surface area contributed by atoms with Crippen molar-refractivity contribution in [2.45, 2.75) is 25.8 Å². The summed E-state index contributed by atoms with van der Waals surface area (Å²) in [6.07, 6.45) is 1.42. The third kappa shape index (κ3) is 5.16. The first-order valence-corrected chi connectivity index (χ1v) is 7.77. The normalized spacial score (nSPS) is 21.0. The maximum absolute atomic E-state index is 12.2.